The Balaban J connectivity index is 2.74. The Hall–Kier alpha value is -1.57. The number of benzene rings is 1. The predicted molar refractivity (Wildman–Crippen MR) is 83.0 cm³/mol. The lowest BCUT2D eigenvalue weighted by Crippen LogP contribution is -2.28. The molecule has 118 valence electrons. The number of ether oxygens (including phenoxy) is 2. The van der Waals surface area contributed by atoms with E-state index in [2.05, 4.69) is 11.3 Å². The summed E-state index contributed by atoms with van der Waals surface area (Å²) in [6.07, 6.45) is 2.47. The first kappa shape index (κ1) is 17.5. The number of aryl methyl sites for hydroxylation is 1. The minimum atomic E-state index is -3.69. The van der Waals surface area contributed by atoms with Crippen molar-refractivity contribution < 1.29 is 17.9 Å². The van der Waals surface area contributed by atoms with E-state index in [0.29, 0.717) is 12.3 Å². The van der Waals surface area contributed by atoms with E-state index < -0.39 is 10.0 Å². The summed E-state index contributed by atoms with van der Waals surface area (Å²) < 4.78 is 37.3. The zero-order chi connectivity index (χ0) is 15.9. The third-order valence-electron chi connectivity index (χ3n) is 2.85. The second kappa shape index (κ2) is 8.02. The van der Waals surface area contributed by atoms with Gasteiger partial charge in [0.05, 0.1) is 20.3 Å². The van der Waals surface area contributed by atoms with E-state index in [-0.39, 0.29) is 23.8 Å². The van der Waals surface area contributed by atoms with Gasteiger partial charge in [-0.3, -0.25) is 0 Å². The fourth-order valence-electron chi connectivity index (χ4n) is 1.64. The highest BCUT2D eigenvalue weighted by Gasteiger charge is 2.20. The van der Waals surface area contributed by atoms with Crippen LogP contribution in [0.2, 0.25) is 0 Å². The van der Waals surface area contributed by atoms with Gasteiger partial charge in [-0.05, 0) is 31.0 Å². The molecule has 1 rings (SSSR count). The van der Waals surface area contributed by atoms with E-state index in [1.807, 2.05) is 0 Å². The van der Waals surface area contributed by atoms with Crippen LogP contribution in [0.3, 0.4) is 0 Å². The summed E-state index contributed by atoms with van der Waals surface area (Å²) in [7, 11) is -2.27. The summed E-state index contributed by atoms with van der Waals surface area (Å²) in [4.78, 5) is 0.0270. The Morgan fingerprint density at radius 3 is 2.71 bits per heavy atom. The summed E-state index contributed by atoms with van der Waals surface area (Å²) in [5.74, 6) is 0.266. The predicted octanol–water partition coefficient (Wildman–Crippen LogP) is 1.46. The van der Waals surface area contributed by atoms with E-state index in [1.165, 1.54) is 13.2 Å². The second-order valence-electron chi connectivity index (χ2n) is 4.45. The number of nitrogen functional groups attached to an aromatic ring is 1. The number of nitrogens with two attached hydrogens (primary N) is 1. The quantitative estimate of drug-likeness (QED) is 0.409. The summed E-state index contributed by atoms with van der Waals surface area (Å²) >= 11 is 0. The van der Waals surface area contributed by atoms with Crippen LogP contribution < -0.4 is 15.2 Å². The highest BCUT2D eigenvalue weighted by Crippen LogP contribution is 2.28. The average Bonchev–Trinajstić information content (AvgIpc) is 2.45. The molecule has 21 heavy (non-hydrogen) atoms. The van der Waals surface area contributed by atoms with Crippen LogP contribution in [0.4, 0.5) is 5.69 Å². The van der Waals surface area contributed by atoms with Crippen molar-refractivity contribution in [3.8, 4) is 5.75 Å². The Morgan fingerprint density at radius 1 is 1.38 bits per heavy atom. The number of nitrogens with one attached hydrogen (secondary N) is 1. The van der Waals surface area contributed by atoms with Gasteiger partial charge in [0.2, 0.25) is 10.0 Å². The second-order valence-corrected chi connectivity index (χ2v) is 6.18. The van der Waals surface area contributed by atoms with Crippen molar-refractivity contribution in [2.24, 2.45) is 0 Å². The molecule has 1 aromatic rings. The first-order valence-electron chi connectivity index (χ1n) is 6.54. The van der Waals surface area contributed by atoms with Crippen molar-refractivity contribution >= 4 is 15.7 Å². The van der Waals surface area contributed by atoms with Crippen molar-refractivity contribution in [3.63, 3.8) is 0 Å². The minimum absolute atomic E-state index is 0.0270. The molecule has 0 saturated heterocycles. The van der Waals surface area contributed by atoms with E-state index in [9.17, 15) is 8.42 Å². The molecule has 3 N–H and O–H groups in total. The monoisotopic (exact) mass is 314 g/mol. The number of rotatable bonds is 9. The molecule has 7 heteroatoms. The summed E-state index contributed by atoms with van der Waals surface area (Å²) in [6.45, 7) is 6.35. The maximum atomic E-state index is 12.2. The first-order chi connectivity index (χ1) is 9.92. The topological polar surface area (TPSA) is 90.7 Å². The molecule has 1 aromatic carbocycles. The first-order valence-corrected chi connectivity index (χ1v) is 8.03. The standard InChI is InChI=1S/C14H22N2O4S/c1-4-5-7-20-8-6-16-21(17,18)14-10-12(15)11(2)9-13(14)19-3/h4,9-10,16H,1,5-8,15H2,2-3H3. The summed E-state index contributed by atoms with van der Waals surface area (Å²) in [6, 6.07) is 3.00. The molecule has 0 unspecified atom stereocenters. The number of hydrogen-bond donors (Lipinski definition) is 2. The van der Waals surface area contributed by atoms with Crippen molar-refractivity contribution in [2.75, 3.05) is 32.6 Å². The zero-order valence-corrected chi connectivity index (χ0v) is 13.2. The van der Waals surface area contributed by atoms with E-state index in [4.69, 9.17) is 15.2 Å². The Labute approximate surface area is 126 Å². The molecule has 0 bridgehead atoms. The summed E-state index contributed by atoms with van der Waals surface area (Å²) in [5, 5.41) is 0. The molecule has 0 spiro atoms. The maximum Gasteiger partial charge on any atom is 0.244 e. The molecular weight excluding hydrogens is 292 g/mol. The molecule has 0 atom stereocenters. The lowest BCUT2D eigenvalue weighted by molar-refractivity contribution is 0.144. The Kier molecular flexibility index (Phi) is 6.67. The fourth-order valence-corrected chi connectivity index (χ4v) is 2.84. The largest absolute Gasteiger partial charge is 0.495 e. The van der Waals surface area contributed by atoms with Crippen LogP contribution in [0, 0.1) is 6.92 Å². The van der Waals surface area contributed by atoms with Crippen LogP contribution in [0.1, 0.15) is 12.0 Å². The van der Waals surface area contributed by atoms with Crippen LogP contribution in [0.25, 0.3) is 0 Å². The van der Waals surface area contributed by atoms with E-state index >= 15 is 0 Å². The van der Waals surface area contributed by atoms with Gasteiger partial charge in [-0.2, -0.15) is 0 Å². The zero-order valence-electron chi connectivity index (χ0n) is 12.4. The van der Waals surface area contributed by atoms with Gasteiger partial charge in [0.15, 0.2) is 0 Å². The number of hydrogen-bond acceptors (Lipinski definition) is 5. The average molecular weight is 314 g/mol. The lowest BCUT2D eigenvalue weighted by Gasteiger charge is -2.13. The van der Waals surface area contributed by atoms with Gasteiger partial charge in [-0.25, -0.2) is 13.1 Å². The van der Waals surface area contributed by atoms with E-state index in [0.717, 1.165) is 12.0 Å². The smallest absolute Gasteiger partial charge is 0.244 e. The van der Waals surface area contributed by atoms with Gasteiger partial charge in [-0.15, -0.1) is 6.58 Å². The number of anilines is 1. The van der Waals surface area contributed by atoms with Crippen LogP contribution in [0.5, 0.6) is 5.75 Å². The van der Waals surface area contributed by atoms with Crippen molar-refractivity contribution in [1.29, 1.82) is 0 Å². The lowest BCUT2D eigenvalue weighted by atomic mass is 10.2. The molecule has 0 amide bonds. The molecule has 0 aliphatic heterocycles. The van der Waals surface area contributed by atoms with Crippen molar-refractivity contribution in [1.82, 2.24) is 4.72 Å². The van der Waals surface area contributed by atoms with Crippen molar-refractivity contribution in [2.45, 2.75) is 18.2 Å². The van der Waals surface area contributed by atoms with Gasteiger partial charge in [-0.1, -0.05) is 6.08 Å². The van der Waals surface area contributed by atoms with Gasteiger partial charge in [0, 0.05) is 12.2 Å². The third kappa shape index (κ3) is 5.04. The molecule has 6 nitrogen and oxygen atoms in total. The van der Waals surface area contributed by atoms with Gasteiger partial charge in [0.25, 0.3) is 0 Å². The molecule has 0 radical (unpaired) electrons. The highest BCUT2D eigenvalue weighted by atomic mass is 32.2. The normalized spacial score (nSPS) is 11.3. The van der Waals surface area contributed by atoms with Gasteiger partial charge >= 0.3 is 0 Å². The molecule has 0 heterocycles. The molecule has 0 aliphatic rings. The molecular formula is C14H22N2O4S. The van der Waals surface area contributed by atoms with Gasteiger partial charge < -0.3 is 15.2 Å². The fraction of sp³-hybridized carbons (Fsp3) is 0.429. The van der Waals surface area contributed by atoms with Gasteiger partial charge in [0.1, 0.15) is 10.6 Å². The van der Waals surface area contributed by atoms with Crippen molar-refractivity contribution in [3.05, 3.63) is 30.4 Å². The Morgan fingerprint density at radius 2 is 2.10 bits per heavy atom. The third-order valence-corrected chi connectivity index (χ3v) is 4.33. The molecule has 0 fully saturated rings. The number of methoxy groups -OCH3 is 1. The Bertz CT molecular complexity index is 585. The number of sulfonamides is 1. The maximum absolute atomic E-state index is 12.2. The highest BCUT2D eigenvalue weighted by molar-refractivity contribution is 7.89. The minimum Gasteiger partial charge on any atom is -0.495 e. The van der Waals surface area contributed by atoms with Crippen LogP contribution in [-0.4, -0.2) is 35.3 Å². The van der Waals surface area contributed by atoms with E-state index in [1.54, 1.807) is 19.1 Å². The molecule has 0 saturated carbocycles. The molecule has 0 aromatic heterocycles. The van der Waals surface area contributed by atoms with Crippen LogP contribution in [0.15, 0.2) is 29.7 Å². The molecule has 0 aliphatic carbocycles. The summed E-state index contributed by atoms with van der Waals surface area (Å²) in [5.41, 5.74) is 6.93. The van der Waals surface area contributed by atoms with Crippen LogP contribution >= 0.6 is 0 Å². The van der Waals surface area contributed by atoms with Crippen LogP contribution in [-0.2, 0) is 14.8 Å². The SMILES string of the molecule is C=CCCOCCNS(=O)(=O)c1cc(N)c(C)cc1OC.